The van der Waals surface area contributed by atoms with Crippen molar-refractivity contribution < 1.29 is 36.3 Å². The van der Waals surface area contributed by atoms with Crippen LogP contribution in [0.2, 0.25) is 5.02 Å². The van der Waals surface area contributed by atoms with Crippen LogP contribution in [0.4, 0.5) is 32.4 Å². The summed E-state index contributed by atoms with van der Waals surface area (Å²) in [4.78, 5) is 42.8. The molecule has 3 heterocycles. The molecule has 4 atom stereocenters. The van der Waals surface area contributed by atoms with Gasteiger partial charge in [0, 0.05) is 50.4 Å². The molecule has 43 heavy (non-hydrogen) atoms. The molecule has 0 bridgehead atoms. The molecule has 0 spiro atoms. The van der Waals surface area contributed by atoms with Crippen LogP contribution < -0.4 is 16.4 Å². The van der Waals surface area contributed by atoms with E-state index in [2.05, 4.69) is 20.7 Å². The number of amides is 4. The second kappa shape index (κ2) is 9.92. The number of anilines is 1. The zero-order chi connectivity index (χ0) is 31.0. The summed E-state index contributed by atoms with van der Waals surface area (Å²) in [5, 5.41) is 8.86. The number of fused-ring (bicyclic) bond motifs is 1. The number of likely N-dealkylation sites (tertiary alicyclic amines) is 1. The molecule has 1 saturated heterocycles. The number of primary amides is 1. The number of carbonyl (C=O) groups is 3. The van der Waals surface area contributed by atoms with E-state index in [1.807, 2.05) is 0 Å². The Morgan fingerprint density at radius 3 is 2.51 bits per heavy atom. The number of rotatable bonds is 6. The number of nitrogens with zero attached hydrogens (tertiary/aromatic N) is 5. The minimum Gasteiger partial charge on any atom is -0.351 e. The van der Waals surface area contributed by atoms with Gasteiger partial charge in [-0.2, -0.15) is 18.3 Å². The normalized spacial score (nSPS) is 23.8. The van der Waals surface area contributed by atoms with Gasteiger partial charge in [-0.1, -0.05) is 11.6 Å². The van der Waals surface area contributed by atoms with Crippen molar-refractivity contribution in [2.45, 2.75) is 37.0 Å². The maximum absolute atomic E-state index is 13.7. The summed E-state index contributed by atoms with van der Waals surface area (Å²) in [5.41, 5.74) is 3.67. The summed E-state index contributed by atoms with van der Waals surface area (Å²) in [7, 11) is 1.30. The maximum atomic E-state index is 13.7. The summed E-state index contributed by atoms with van der Waals surface area (Å²) in [6, 6.07) is 2.07. The molecule has 3 aromatic rings. The first-order valence-corrected chi connectivity index (χ1v) is 13.5. The zero-order valence-corrected chi connectivity index (χ0v) is 23.1. The zero-order valence-electron chi connectivity index (χ0n) is 22.3. The summed E-state index contributed by atoms with van der Waals surface area (Å²) < 4.78 is 69.8. The molecule has 3 fully saturated rings. The van der Waals surface area contributed by atoms with Crippen molar-refractivity contribution in [1.82, 2.24) is 29.5 Å². The Hall–Kier alpha value is -4.21. The van der Waals surface area contributed by atoms with Crippen LogP contribution in [-0.4, -0.2) is 67.1 Å². The molecule has 2 aliphatic carbocycles. The monoisotopic (exact) mass is 626 g/mol. The van der Waals surface area contributed by atoms with E-state index in [1.54, 1.807) is 4.90 Å². The number of urea groups is 1. The molecule has 2 aromatic heterocycles. The summed E-state index contributed by atoms with van der Waals surface area (Å²) in [5.74, 6) is -4.26. The predicted molar refractivity (Wildman–Crippen MR) is 141 cm³/mol. The van der Waals surface area contributed by atoms with Gasteiger partial charge in [-0.25, -0.2) is 18.6 Å². The van der Waals surface area contributed by atoms with Crippen LogP contribution in [0.15, 0.2) is 30.6 Å². The van der Waals surface area contributed by atoms with Crippen molar-refractivity contribution in [3.63, 3.8) is 0 Å². The van der Waals surface area contributed by atoms with E-state index in [1.165, 1.54) is 25.2 Å². The maximum Gasteiger partial charge on any atom is 0.435 e. The second-order valence-corrected chi connectivity index (χ2v) is 11.4. The average molecular weight is 627 g/mol. The summed E-state index contributed by atoms with van der Waals surface area (Å²) in [6.07, 6.45) is -2.96. The van der Waals surface area contributed by atoms with E-state index in [-0.39, 0.29) is 45.7 Å². The van der Waals surface area contributed by atoms with Crippen molar-refractivity contribution in [3.8, 4) is 11.3 Å². The van der Waals surface area contributed by atoms with Crippen molar-refractivity contribution >= 4 is 35.1 Å². The fraction of sp³-hybridized carbons (Fsp3) is 0.423. The Labute approximate surface area is 245 Å². The number of halogens is 6. The van der Waals surface area contributed by atoms with Gasteiger partial charge in [0.15, 0.2) is 11.5 Å². The minimum atomic E-state index is -4.94. The highest BCUT2D eigenvalue weighted by Gasteiger charge is 2.59. The molecular weight excluding hydrogens is 603 g/mol. The molecule has 228 valence electrons. The van der Waals surface area contributed by atoms with Gasteiger partial charge in [0.2, 0.25) is 0 Å². The van der Waals surface area contributed by atoms with Crippen LogP contribution in [-0.2, 0) is 13.2 Å². The van der Waals surface area contributed by atoms with Crippen molar-refractivity contribution in [2.24, 2.45) is 24.6 Å². The highest BCUT2D eigenvalue weighted by molar-refractivity contribution is 6.34. The molecule has 0 radical (unpaired) electrons. The van der Waals surface area contributed by atoms with E-state index in [4.69, 9.17) is 17.3 Å². The minimum absolute atomic E-state index is 0.0380. The van der Waals surface area contributed by atoms with Gasteiger partial charge in [-0.15, -0.1) is 0 Å². The van der Waals surface area contributed by atoms with Crippen LogP contribution in [0, 0.1) is 11.8 Å². The number of alkyl halides is 5. The van der Waals surface area contributed by atoms with Crippen LogP contribution in [0.3, 0.4) is 0 Å². The Morgan fingerprint density at radius 2 is 1.88 bits per heavy atom. The second-order valence-electron chi connectivity index (χ2n) is 11.0. The van der Waals surface area contributed by atoms with Crippen molar-refractivity contribution in [3.05, 3.63) is 52.7 Å². The molecule has 6 rings (SSSR count). The quantitative estimate of drug-likeness (QED) is 0.356. The highest BCUT2D eigenvalue weighted by Crippen LogP contribution is 2.53. The first-order valence-electron chi connectivity index (χ1n) is 13.2. The van der Waals surface area contributed by atoms with E-state index in [0.29, 0.717) is 24.2 Å². The highest BCUT2D eigenvalue weighted by atomic mass is 35.5. The van der Waals surface area contributed by atoms with E-state index in [0.717, 1.165) is 17.0 Å². The van der Waals surface area contributed by atoms with Gasteiger partial charge in [-0.3, -0.25) is 14.3 Å². The lowest BCUT2D eigenvalue weighted by Gasteiger charge is -2.39. The Bertz CT molecular complexity index is 1650. The number of imidazole rings is 1. The Morgan fingerprint density at radius 1 is 1.16 bits per heavy atom. The number of hydrogen-bond acceptors (Lipinski definition) is 5. The number of aromatic nitrogens is 4. The van der Waals surface area contributed by atoms with Gasteiger partial charge in [-0.05, 0) is 30.5 Å². The van der Waals surface area contributed by atoms with E-state index >= 15 is 0 Å². The first kappa shape index (κ1) is 28.9. The van der Waals surface area contributed by atoms with Crippen LogP contribution in [0.5, 0.6) is 0 Å². The molecule has 2 saturated carbocycles. The topological polar surface area (TPSA) is 140 Å². The fourth-order valence-corrected chi connectivity index (χ4v) is 6.03. The standard InChI is InChI=1S/C26H24ClF5N8O3/c1-38-18(15-10-40(19-6-25(19,28)29)37-20(15)26(30,31)32)7-34-21(38)23(42)35-12-2-3-13(16(27)5-12)22(41)36-17-4-11-8-39(24(33)43)9-14(11)17/h2-3,5,7,10-11,14,17,19H,4,6,8-9H2,1H3,(H2,33,43)(H,35,42)(H,36,41). The fourth-order valence-electron chi connectivity index (χ4n) is 5.77. The molecule has 4 unspecified atom stereocenters. The summed E-state index contributed by atoms with van der Waals surface area (Å²) in [6.45, 7) is 1.03. The van der Waals surface area contributed by atoms with Gasteiger partial charge in [0.05, 0.1) is 28.0 Å². The Balaban J connectivity index is 1.14. The van der Waals surface area contributed by atoms with Crippen LogP contribution in [0.1, 0.15) is 45.6 Å². The largest absolute Gasteiger partial charge is 0.435 e. The van der Waals surface area contributed by atoms with Gasteiger partial charge in [0.1, 0.15) is 6.04 Å². The number of nitrogens with two attached hydrogens (primary N) is 1. The predicted octanol–water partition coefficient (Wildman–Crippen LogP) is 3.92. The third-order valence-corrected chi connectivity index (χ3v) is 8.56. The van der Waals surface area contributed by atoms with Gasteiger partial charge >= 0.3 is 12.2 Å². The molecule has 17 heteroatoms. The third kappa shape index (κ3) is 5.17. The summed E-state index contributed by atoms with van der Waals surface area (Å²) >= 11 is 6.33. The third-order valence-electron chi connectivity index (χ3n) is 8.24. The van der Waals surface area contributed by atoms with Gasteiger partial charge in [0.25, 0.3) is 17.7 Å². The number of nitrogens with one attached hydrogen (secondary N) is 2. The lowest BCUT2D eigenvalue weighted by molar-refractivity contribution is -0.141. The van der Waals surface area contributed by atoms with Crippen LogP contribution in [0.25, 0.3) is 11.3 Å². The average Bonchev–Trinajstić information content (AvgIpc) is 3.27. The molecule has 3 aliphatic rings. The molecular formula is C26H24ClF5N8O3. The lowest BCUT2D eigenvalue weighted by atomic mass is 9.71. The SMILES string of the molecule is Cn1c(-c2cn(C3CC3(F)F)nc2C(F)(F)F)cnc1C(=O)Nc1ccc(C(=O)NC2CC3CN(C(N)=O)CC32)c(Cl)c1. The molecule has 1 aromatic carbocycles. The first-order chi connectivity index (χ1) is 20.1. The van der Waals surface area contributed by atoms with Gasteiger partial charge < -0.3 is 25.8 Å². The van der Waals surface area contributed by atoms with Crippen molar-refractivity contribution in [1.29, 1.82) is 0 Å². The van der Waals surface area contributed by atoms with E-state index in [9.17, 15) is 36.3 Å². The number of carbonyl (C=O) groups excluding carboxylic acids is 3. The lowest BCUT2D eigenvalue weighted by Crippen LogP contribution is -2.52. The number of hydrogen-bond donors (Lipinski definition) is 3. The Kier molecular flexibility index (Phi) is 6.67. The number of benzene rings is 1. The smallest absolute Gasteiger partial charge is 0.351 e. The molecule has 11 nitrogen and oxygen atoms in total. The van der Waals surface area contributed by atoms with Crippen LogP contribution >= 0.6 is 11.6 Å². The van der Waals surface area contributed by atoms with E-state index < -0.39 is 53.7 Å². The van der Waals surface area contributed by atoms with Crippen molar-refractivity contribution in [2.75, 3.05) is 18.4 Å². The molecule has 4 N–H and O–H groups in total. The molecule has 1 aliphatic heterocycles. The molecule has 4 amide bonds.